The second-order valence-electron chi connectivity index (χ2n) is 4.83. The number of nitrogens with one attached hydrogen (secondary N) is 2. The van der Waals surface area contributed by atoms with Crippen molar-refractivity contribution in [2.75, 3.05) is 5.32 Å². The molecule has 2 aromatic carbocycles. The zero-order chi connectivity index (χ0) is 17.6. The van der Waals surface area contributed by atoms with Gasteiger partial charge in [0.2, 0.25) is 5.13 Å². The van der Waals surface area contributed by atoms with E-state index >= 15 is 0 Å². The Kier molecular flexibility index (Phi) is 5.22. The van der Waals surface area contributed by atoms with Crippen LogP contribution >= 0.6 is 22.9 Å². The number of phenols is 1. The first-order valence-corrected chi connectivity index (χ1v) is 8.28. The number of benzene rings is 2. The summed E-state index contributed by atoms with van der Waals surface area (Å²) in [6.45, 7) is 0. The van der Waals surface area contributed by atoms with Gasteiger partial charge in [0.1, 0.15) is 10.8 Å². The van der Waals surface area contributed by atoms with Gasteiger partial charge in [-0.05, 0) is 42.0 Å². The summed E-state index contributed by atoms with van der Waals surface area (Å²) in [7, 11) is 0. The van der Waals surface area contributed by atoms with E-state index in [9.17, 15) is 9.90 Å². The SMILES string of the molecule is O=C(N/N=C/c1ccc(O)cc1)Nc1nnc(-c2ccc(Cl)cc2)s1. The number of hydrogen-bond donors (Lipinski definition) is 3. The van der Waals surface area contributed by atoms with Gasteiger partial charge in [-0.25, -0.2) is 10.2 Å². The number of halogens is 1. The van der Waals surface area contributed by atoms with Crippen molar-refractivity contribution in [3.8, 4) is 16.3 Å². The van der Waals surface area contributed by atoms with E-state index in [0.717, 1.165) is 11.1 Å². The largest absolute Gasteiger partial charge is 0.508 e. The second kappa shape index (κ2) is 7.73. The van der Waals surface area contributed by atoms with Crippen molar-refractivity contribution < 1.29 is 9.90 Å². The molecule has 9 heteroatoms. The Labute approximate surface area is 152 Å². The summed E-state index contributed by atoms with van der Waals surface area (Å²) >= 11 is 7.08. The molecule has 0 aliphatic heterocycles. The minimum Gasteiger partial charge on any atom is -0.508 e. The molecule has 3 rings (SSSR count). The molecular weight excluding hydrogens is 362 g/mol. The molecule has 1 aromatic heterocycles. The molecule has 7 nitrogen and oxygen atoms in total. The fourth-order valence-corrected chi connectivity index (χ4v) is 2.70. The number of carbonyl (C=O) groups excluding carboxylic acids is 1. The van der Waals surface area contributed by atoms with E-state index in [1.165, 1.54) is 29.7 Å². The number of aromatic nitrogens is 2. The highest BCUT2D eigenvalue weighted by molar-refractivity contribution is 7.18. The Morgan fingerprint density at radius 2 is 1.84 bits per heavy atom. The summed E-state index contributed by atoms with van der Waals surface area (Å²) in [5, 5.41) is 25.2. The summed E-state index contributed by atoms with van der Waals surface area (Å²) in [5.41, 5.74) is 3.93. The van der Waals surface area contributed by atoms with Crippen LogP contribution < -0.4 is 10.7 Å². The first-order valence-electron chi connectivity index (χ1n) is 7.09. The number of phenolic OH excluding ortho intramolecular Hbond substituents is 1. The van der Waals surface area contributed by atoms with Crippen LogP contribution in [0.3, 0.4) is 0 Å². The molecule has 3 N–H and O–H groups in total. The number of urea groups is 1. The number of aromatic hydroxyl groups is 1. The molecule has 0 spiro atoms. The van der Waals surface area contributed by atoms with E-state index in [-0.39, 0.29) is 5.75 Å². The third-order valence-electron chi connectivity index (χ3n) is 3.01. The summed E-state index contributed by atoms with van der Waals surface area (Å²) in [4.78, 5) is 11.8. The van der Waals surface area contributed by atoms with Gasteiger partial charge in [0, 0.05) is 10.6 Å². The molecule has 1 heterocycles. The standard InChI is InChI=1S/C16H12ClN5O2S/c17-12-5-3-11(4-6-12)14-20-22-16(25-14)19-15(24)21-18-9-10-1-7-13(23)8-2-10/h1-9,23H,(H2,19,21,22,24)/b18-9+. The molecular formula is C16H12ClN5O2S. The van der Waals surface area contributed by atoms with Gasteiger partial charge in [0.15, 0.2) is 0 Å². The van der Waals surface area contributed by atoms with Crippen LogP contribution in [0.4, 0.5) is 9.93 Å². The highest BCUT2D eigenvalue weighted by Gasteiger charge is 2.09. The minimum absolute atomic E-state index is 0.163. The van der Waals surface area contributed by atoms with Crippen LogP contribution in [0.2, 0.25) is 5.02 Å². The summed E-state index contributed by atoms with van der Waals surface area (Å²) in [6.07, 6.45) is 1.46. The van der Waals surface area contributed by atoms with Crippen LogP contribution in [0.25, 0.3) is 10.6 Å². The van der Waals surface area contributed by atoms with Crippen LogP contribution in [0, 0.1) is 0 Å². The van der Waals surface area contributed by atoms with E-state index in [2.05, 4.69) is 26.0 Å². The Bertz CT molecular complexity index is 894. The van der Waals surface area contributed by atoms with Crippen molar-refractivity contribution in [1.82, 2.24) is 15.6 Å². The summed E-state index contributed by atoms with van der Waals surface area (Å²) in [6, 6.07) is 13.0. The monoisotopic (exact) mass is 373 g/mol. The lowest BCUT2D eigenvalue weighted by Crippen LogP contribution is -2.24. The quantitative estimate of drug-likeness (QED) is 0.479. The van der Waals surface area contributed by atoms with Crippen molar-refractivity contribution in [1.29, 1.82) is 0 Å². The molecule has 25 heavy (non-hydrogen) atoms. The lowest BCUT2D eigenvalue weighted by molar-refractivity contribution is 0.252. The zero-order valence-corrected chi connectivity index (χ0v) is 14.3. The third kappa shape index (κ3) is 4.75. The van der Waals surface area contributed by atoms with Crippen molar-refractivity contribution >= 4 is 40.3 Å². The van der Waals surface area contributed by atoms with Crippen molar-refractivity contribution in [3.63, 3.8) is 0 Å². The third-order valence-corrected chi connectivity index (χ3v) is 4.15. The van der Waals surface area contributed by atoms with Crippen LogP contribution in [0.1, 0.15) is 5.56 Å². The number of nitrogens with zero attached hydrogens (tertiary/aromatic N) is 3. The maximum Gasteiger partial charge on any atom is 0.341 e. The fraction of sp³-hybridized carbons (Fsp3) is 0. The molecule has 2 amide bonds. The average molecular weight is 374 g/mol. The van der Waals surface area contributed by atoms with E-state index in [1.807, 2.05) is 12.1 Å². The van der Waals surface area contributed by atoms with Crippen LogP contribution in [0.15, 0.2) is 53.6 Å². The van der Waals surface area contributed by atoms with Gasteiger partial charge in [-0.2, -0.15) is 5.10 Å². The normalized spacial score (nSPS) is 10.8. The van der Waals surface area contributed by atoms with Gasteiger partial charge in [0.25, 0.3) is 0 Å². The van der Waals surface area contributed by atoms with Gasteiger partial charge in [-0.1, -0.05) is 35.1 Å². The molecule has 0 atom stereocenters. The Balaban J connectivity index is 1.56. The number of carbonyl (C=O) groups is 1. The van der Waals surface area contributed by atoms with Gasteiger partial charge in [0.05, 0.1) is 6.21 Å². The van der Waals surface area contributed by atoms with E-state index in [1.54, 1.807) is 24.3 Å². The maximum atomic E-state index is 11.8. The minimum atomic E-state index is -0.533. The first kappa shape index (κ1) is 16.9. The predicted octanol–water partition coefficient (Wildman–Crippen LogP) is 3.72. The predicted molar refractivity (Wildman–Crippen MR) is 98.2 cm³/mol. The highest BCUT2D eigenvalue weighted by atomic mass is 35.5. The van der Waals surface area contributed by atoms with Crippen molar-refractivity contribution in [2.45, 2.75) is 0 Å². The van der Waals surface area contributed by atoms with Crippen LogP contribution in [0.5, 0.6) is 5.75 Å². The number of hydrazone groups is 1. The number of hydrogen-bond acceptors (Lipinski definition) is 6. The molecule has 0 aliphatic carbocycles. The molecule has 0 unspecified atom stereocenters. The Hall–Kier alpha value is -2.97. The van der Waals surface area contributed by atoms with E-state index < -0.39 is 6.03 Å². The fourth-order valence-electron chi connectivity index (χ4n) is 1.83. The lowest BCUT2D eigenvalue weighted by Gasteiger charge is -1.99. The first-order chi connectivity index (χ1) is 12.1. The number of anilines is 1. The molecule has 0 fully saturated rings. The number of rotatable bonds is 4. The van der Waals surface area contributed by atoms with E-state index in [4.69, 9.17) is 11.6 Å². The second-order valence-corrected chi connectivity index (χ2v) is 6.25. The maximum absolute atomic E-state index is 11.8. The summed E-state index contributed by atoms with van der Waals surface area (Å²) in [5.74, 6) is 0.163. The number of amides is 2. The zero-order valence-electron chi connectivity index (χ0n) is 12.7. The molecule has 0 saturated carbocycles. The highest BCUT2D eigenvalue weighted by Crippen LogP contribution is 2.27. The summed E-state index contributed by atoms with van der Waals surface area (Å²) < 4.78 is 0. The van der Waals surface area contributed by atoms with Crippen molar-refractivity contribution in [3.05, 3.63) is 59.1 Å². The molecule has 0 bridgehead atoms. The topological polar surface area (TPSA) is 99.5 Å². The smallest absolute Gasteiger partial charge is 0.341 e. The average Bonchev–Trinajstić information content (AvgIpc) is 3.06. The van der Waals surface area contributed by atoms with E-state index in [0.29, 0.717) is 15.2 Å². The van der Waals surface area contributed by atoms with Gasteiger partial charge >= 0.3 is 6.03 Å². The van der Waals surface area contributed by atoms with Gasteiger partial charge < -0.3 is 5.11 Å². The van der Waals surface area contributed by atoms with Gasteiger partial charge in [-0.3, -0.25) is 5.32 Å². The Morgan fingerprint density at radius 3 is 2.56 bits per heavy atom. The Morgan fingerprint density at radius 1 is 1.12 bits per heavy atom. The molecule has 3 aromatic rings. The van der Waals surface area contributed by atoms with Crippen LogP contribution in [-0.2, 0) is 0 Å². The molecule has 0 aliphatic rings. The van der Waals surface area contributed by atoms with Crippen molar-refractivity contribution in [2.24, 2.45) is 5.10 Å². The lowest BCUT2D eigenvalue weighted by atomic mass is 10.2. The molecule has 0 saturated heterocycles. The molecule has 126 valence electrons. The van der Waals surface area contributed by atoms with Gasteiger partial charge in [-0.15, -0.1) is 10.2 Å². The molecule has 0 radical (unpaired) electrons. The van der Waals surface area contributed by atoms with Crippen LogP contribution in [-0.4, -0.2) is 27.5 Å².